The molecule has 0 amide bonds. The number of anilines is 1. The maximum absolute atomic E-state index is 4.70. The van der Waals surface area contributed by atoms with Crippen molar-refractivity contribution in [2.75, 3.05) is 11.9 Å². The lowest BCUT2D eigenvalue weighted by Gasteiger charge is -2.16. The lowest BCUT2D eigenvalue weighted by atomic mass is 10.0. The summed E-state index contributed by atoms with van der Waals surface area (Å²) in [6.07, 6.45) is 5.27. The molecule has 4 heterocycles. The maximum atomic E-state index is 4.70. The molecule has 6 nitrogen and oxygen atoms in total. The summed E-state index contributed by atoms with van der Waals surface area (Å²) in [5.41, 5.74) is 4.60. The van der Waals surface area contributed by atoms with Gasteiger partial charge in [-0.25, -0.2) is 9.98 Å². The van der Waals surface area contributed by atoms with E-state index in [9.17, 15) is 0 Å². The summed E-state index contributed by atoms with van der Waals surface area (Å²) in [7, 11) is 0. The van der Waals surface area contributed by atoms with Gasteiger partial charge < -0.3 is 9.88 Å². The SMILES string of the molecule is c1ccc(-c2cc3cnc(=Nc4ccncc4)nc-3n3c2NCC3)cc1. The zero-order valence-corrected chi connectivity index (χ0v) is 14.0. The van der Waals surface area contributed by atoms with E-state index in [0.717, 1.165) is 41.5 Å². The Morgan fingerprint density at radius 3 is 2.69 bits per heavy atom. The summed E-state index contributed by atoms with van der Waals surface area (Å²) in [6.45, 7) is 1.76. The van der Waals surface area contributed by atoms with Gasteiger partial charge in [-0.3, -0.25) is 4.98 Å². The van der Waals surface area contributed by atoms with Crippen LogP contribution >= 0.6 is 0 Å². The van der Waals surface area contributed by atoms with Gasteiger partial charge in [-0.05, 0) is 23.8 Å². The number of pyridine rings is 2. The van der Waals surface area contributed by atoms with Crippen molar-refractivity contribution >= 4 is 11.5 Å². The molecule has 3 aliphatic heterocycles. The zero-order valence-electron chi connectivity index (χ0n) is 14.0. The molecule has 1 aromatic carbocycles. The van der Waals surface area contributed by atoms with Crippen LogP contribution in [-0.4, -0.2) is 26.1 Å². The minimum atomic E-state index is 0.456. The summed E-state index contributed by atoms with van der Waals surface area (Å²) >= 11 is 0. The average Bonchev–Trinajstić information content (AvgIpc) is 3.19. The molecule has 3 aliphatic rings. The Morgan fingerprint density at radius 1 is 1.00 bits per heavy atom. The van der Waals surface area contributed by atoms with Gasteiger partial charge in [-0.1, -0.05) is 30.3 Å². The second-order valence-corrected chi connectivity index (χ2v) is 6.12. The normalized spacial score (nSPS) is 13.6. The Labute approximate surface area is 150 Å². The molecular formula is C20H16N6. The monoisotopic (exact) mass is 340 g/mol. The maximum Gasteiger partial charge on any atom is 0.251 e. The highest BCUT2D eigenvalue weighted by molar-refractivity contribution is 5.82. The number of aromatic nitrogens is 4. The van der Waals surface area contributed by atoms with Crippen molar-refractivity contribution in [3.8, 4) is 22.5 Å². The molecule has 126 valence electrons. The van der Waals surface area contributed by atoms with Gasteiger partial charge in [0.25, 0.3) is 5.62 Å². The van der Waals surface area contributed by atoms with Crippen LogP contribution in [0.2, 0.25) is 0 Å². The third-order valence-electron chi connectivity index (χ3n) is 4.47. The fourth-order valence-corrected chi connectivity index (χ4v) is 3.29. The van der Waals surface area contributed by atoms with Crippen molar-refractivity contribution in [2.24, 2.45) is 4.99 Å². The number of nitrogens with one attached hydrogen (secondary N) is 1. The molecule has 6 heteroatoms. The highest BCUT2D eigenvalue weighted by Crippen LogP contribution is 2.36. The van der Waals surface area contributed by atoms with Gasteiger partial charge in [0.05, 0.1) is 5.69 Å². The van der Waals surface area contributed by atoms with E-state index in [2.05, 4.69) is 55.2 Å². The molecule has 0 bridgehead atoms. The molecule has 1 aromatic heterocycles. The first-order valence-electron chi connectivity index (χ1n) is 8.53. The molecule has 0 saturated carbocycles. The third-order valence-corrected chi connectivity index (χ3v) is 4.47. The van der Waals surface area contributed by atoms with Crippen molar-refractivity contribution in [3.63, 3.8) is 0 Å². The smallest absolute Gasteiger partial charge is 0.251 e. The molecule has 26 heavy (non-hydrogen) atoms. The van der Waals surface area contributed by atoms with Gasteiger partial charge in [0.2, 0.25) is 0 Å². The van der Waals surface area contributed by atoms with Crippen LogP contribution in [0.15, 0.2) is 72.1 Å². The van der Waals surface area contributed by atoms with Gasteiger partial charge in [-0.15, -0.1) is 0 Å². The molecule has 0 fully saturated rings. The highest BCUT2D eigenvalue weighted by atomic mass is 15.2. The predicted molar refractivity (Wildman–Crippen MR) is 100 cm³/mol. The second kappa shape index (κ2) is 6.07. The van der Waals surface area contributed by atoms with Crippen LogP contribution in [0.4, 0.5) is 11.5 Å². The van der Waals surface area contributed by atoms with Gasteiger partial charge >= 0.3 is 0 Å². The number of hydrogen-bond acceptors (Lipinski definition) is 5. The van der Waals surface area contributed by atoms with Crippen LogP contribution < -0.4 is 10.9 Å². The number of rotatable bonds is 2. The summed E-state index contributed by atoms with van der Waals surface area (Å²) in [4.78, 5) is 17.6. The van der Waals surface area contributed by atoms with Crippen LogP contribution in [-0.2, 0) is 6.54 Å². The lowest BCUT2D eigenvalue weighted by Crippen LogP contribution is -2.17. The van der Waals surface area contributed by atoms with E-state index >= 15 is 0 Å². The summed E-state index contributed by atoms with van der Waals surface area (Å²) in [6, 6.07) is 16.2. The molecular weight excluding hydrogens is 324 g/mol. The quantitative estimate of drug-likeness (QED) is 0.609. The Bertz CT molecular complexity index is 1100. The Kier molecular flexibility index (Phi) is 3.45. The summed E-state index contributed by atoms with van der Waals surface area (Å²) < 4.78 is 2.21. The van der Waals surface area contributed by atoms with Crippen LogP contribution in [0.25, 0.3) is 22.5 Å². The third kappa shape index (κ3) is 2.52. The lowest BCUT2D eigenvalue weighted by molar-refractivity contribution is 0.780. The average molecular weight is 340 g/mol. The van der Waals surface area contributed by atoms with Crippen LogP contribution in [0.5, 0.6) is 0 Å². The minimum absolute atomic E-state index is 0.456. The topological polar surface area (TPSA) is 68.0 Å². The van der Waals surface area contributed by atoms with Gasteiger partial charge in [-0.2, -0.15) is 4.98 Å². The molecule has 0 aliphatic carbocycles. The van der Waals surface area contributed by atoms with Gasteiger partial charge in [0, 0.05) is 42.8 Å². The Hall–Kier alpha value is -3.54. The standard InChI is InChI=1S/C20H16N6/c1-2-4-14(5-3-1)17-12-15-13-23-20(24-16-6-8-21-9-7-16)25-18(15)26-11-10-22-19(17)26/h1-9,12-13,22H,10-11H2. The fraction of sp³-hybridized carbons (Fsp3) is 0.100. The number of hydrogen-bond donors (Lipinski definition) is 1. The van der Waals surface area contributed by atoms with E-state index < -0.39 is 0 Å². The predicted octanol–water partition coefficient (Wildman–Crippen LogP) is 3.10. The van der Waals surface area contributed by atoms with E-state index in [1.165, 1.54) is 5.56 Å². The van der Waals surface area contributed by atoms with E-state index in [-0.39, 0.29) is 0 Å². The first-order chi connectivity index (χ1) is 12.9. The van der Waals surface area contributed by atoms with Crippen LogP contribution in [0.1, 0.15) is 0 Å². The summed E-state index contributed by atoms with van der Waals surface area (Å²) in [5, 5.41) is 3.49. The highest BCUT2D eigenvalue weighted by Gasteiger charge is 2.21. The molecule has 5 rings (SSSR count). The zero-order chi connectivity index (χ0) is 17.3. The molecule has 0 unspecified atom stereocenters. The molecule has 0 radical (unpaired) electrons. The van der Waals surface area contributed by atoms with E-state index in [4.69, 9.17) is 4.98 Å². The molecule has 1 N–H and O–H groups in total. The fourth-order valence-electron chi connectivity index (χ4n) is 3.29. The van der Waals surface area contributed by atoms with Crippen molar-refractivity contribution in [1.82, 2.24) is 19.5 Å². The van der Waals surface area contributed by atoms with E-state index in [0.29, 0.717) is 5.62 Å². The number of benzene rings is 1. The van der Waals surface area contributed by atoms with Crippen LogP contribution in [0, 0.1) is 0 Å². The molecule has 0 spiro atoms. The van der Waals surface area contributed by atoms with Crippen molar-refractivity contribution in [1.29, 1.82) is 0 Å². The van der Waals surface area contributed by atoms with E-state index in [1.54, 1.807) is 12.4 Å². The largest absolute Gasteiger partial charge is 0.369 e. The molecule has 0 atom stereocenters. The van der Waals surface area contributed by atoms with Crippen molar-refractivity contribution < 1.29 is 0 Å². The minimum Gasteiger partial charge on any atom is -0.369 e. The van der Waals surface area contributed by atoms with Gasteiger partial charge in [0.15, 0.2) is 0 Å². The Balaban J connectivity index is 1.72. The second-order valence-electron chi connectivity index (χ2n) is 6.12. The molecule has 2 aromatic rings. The summed E-state index contributed by atoms with van der Waals surface area (Å²) in [5.74, 6) is 1.99. The number of fused-ring (bicyclic) bond motifs is 3. The first kappa shape index (κ1) is 14.8. The first-order valence-corrected chi connectivity index (χ1v) is 8.53. The Morgan fingerprint density at radius 2 is 1.85 bits per heavy atom. The van der Waals surface area contributed by atoms with E-state index in [1.807, 2.05) is 24.4 Å². The van der Waals surface area contributed by atoms with Crippen molar-refractivity contribution in [2.45, 2.75) is 6.54 Å². The van der Waals surface area contributed by atoms with Crippen molar-refractivity contribution in [3.05, 3.63) is 72.7 Å². The van der Waals surface area contributed by atoms with Gasteiger partial charge in [0.1, 0.15) is 11.6 Å². The number of nitrogens with zero attached hydrogens (tertiary/aromatic N) is 5. The molecule has 0 saturated heterocycles. The van der Waals surface area contributed by atoms with Crippen LogP contribution in [0.3, 0.4) is 0 Å².